The van der Waals surface area contributed by atoms with E-state index >= 15 is 0 Å². The smallest absolute Gasteiger partial charge is 0.132 e. The number of hydrogen-bond donors (Lipinski definition) is 1. The van der Waals surface area contributed by atoms with Crippen LogP contribution < -0.4 is 0 Å². The summed E-state index contributed by atoms with van der Waals surface area (Å²) in [6, 6.07) is 1.78. The monoisotopic (exact) mass is 304 g/mol. The lowest BCUT2D eigenvalue weighted by atomic mass is 10.2. The largest absolute Gasteiger partial charge is 0.381 e. The van der Waals surface area contributed by atoms with E-state index in [2.05, 4.69) is 25.9 Å². The zero-order valence-electron chi connectivity index (χ0n) is 7.39. The first kappa shape index (κ1) is 11.0. The number of aliphatic hydroxyl groups is 1. The van der Waals surface area contributed by atoms with Gasteiger partial charge in [0.1, 0.15) is 10.4 Å². The van der Waals surface area contributed by atoms with E-state index in [4.69, 9.17) is 11.6 Å². The van der Waals surface area contributed by atoms with Crippen LogP contribution in [0.25, 0.3) is 0 Å². The van der Waals surface area contributed by atoms with Crippen LogP contribution >= 0.6 is 38.9 Å². The second kappa shape index (κ2) is 4.57. The van der Waals surface area contributed by atoms with Gasteiger partial charge in [0.15, 0.2) is 0 Å². The molecule has 1 N–H and O–H groups in total. The summed E-state index contributed by atoms with van der Waals surface area (Å²) < 4.78 is 1.40. The summed E-state index contributed by atoms with van der Waals surface area (Å²) in [6.07, 6.45) is 3.87. The fourth-order valence-corrected chi connectivity index (χ4v) is 2.83. The van der Waals surface area contributed by atoms with Crippen LogP contribution in [-0.2, 0) is 0 Å². The molecule has 0 aliphatic rings. The van der Waals surface area contributed by atoms with Gasteiger partial charge in [0.05, 0.1) is 11.9 Å². The van der Waals surface area contributed by atoms with Crippen LogP contribution in [0.15, 0.2) is 29.1 Å². The highest BCUT2D eigenvalue weighted by atomic mass is 79.9. The lowest BCUT2D eigenvalue weighted by Crippen LogP contribution is -2.00. The maximum absolute atomic E-state index is 9.96. The van der Waals surface area contributed by atoms with Gasteiger partial charge in [-0.15, -0.1) is 11.3 Å². The van der Waals surface area contributed by atoms with Crippen LogP contribution in [0.2, 0.25) is 4.34 Å². The van der Waals surface area contributed by atoms with E-state index in [1.165, 1.54) is 17.5 Å². The molecule has 0 aromatic carbocycles. The van der Waals surface area contributed by atoms with E-state index in [0.717, 1.165) is 9.35 Å². The van der Waals surface area contributed by atoms with Gasteiger partial charge >= 0.3 is 0 Å². The number of aliphatic hydroxyl groups excluding tert-OH is 1. The molecule has 2 aromatic heterocycles. The molecule has 6 heteroatoms. The molecule has 0 amide bonds. The maximum Gasteiger partial charge on any atom is 0.132 e. The van der Waals surface area contributed by atoms with E-state index in [9.17, 15) is 5.11 Å². The normalized spacial score (nSPS) is 12.7. The quantitative estimate of drug-likeness (QED) is 0.927. The molecule has 0 aliphatic carbocycles. The molecule has 0 aliphatic heterocycles. The fraction of sp³-hybridized carbons (Fsp3) is 0.111. The summed E-state index contributed by atoms with van der Waals surface area (Å²) in [5.41, 5.74) is 0.517. The molecule has 0 spiro atoms. The minimum atomic E-state index is -0.771. The molecule has 0 saturated heterocycles. The van der Waals surface area contributed by atoms with Gasteiger partial charge in [-0.05, 0) is 22.0 Å². The number of rotatable bonds is 2. The van der Waals surface area contributed by atoms with Crippen LogP contribution in [0.3, 0.4) is 0 Å². The van der Waals surface area contributed by atoms with E-state index < -0.39 is 6.10 Å². The van der Waals surface area contributed by atoms with Gasteiger partial charge < -0.3 is 5.11 Å². The molecule has 0 radical (unpaired) electrons. The van der Waals surface area contributed by atoms with Crippen LogP contribution in [0.4, 0.5) is 0 Å². The third-order valence-corrected chi connectivity index (χ3v) is 4.32. The molecule has 2 rings (SSSR count). The van der Waals surface area contributed by atoms with Crippen LogP contribution in [-0.4, -0.2) is 15.1 Å². The first-order valence-electron chi connectivity index (χ1n) is 4.07. The average molecular weight is 306 g/mol. The molecular weight excluding hydrogens is 300 g/mol. The Balaban J connectivity index is 2.32. The van der Waals surface area contributed by atoms with Crippen molar-refractivity contribution in [2.24, 2.45) is 0 Å². The summed E-state index contributed by atoms with van der Waals surface area (Å²) in [7, 11) is 0. The van der Waals surface area contributed by atoms with Crippen molar-refractivity contribution in [3.05, 3.63) is 44.0 Å². The summed E-state index contributed by atoms with van der Waals surface area (Å²) in [4.78, 5) is 8.67. The zero-order valence-corrected chi connectivity index (χ0v) is 10.6. The Bertz CT molecular complexity index is 443. The maximum atomic E-state index is 9.96. The zero-order chi connectivity index (χ0) is 10.8. The Labute approximate surface area is 104 Å². The fourth-order valence-electron chi connectivity index (χ4n) is 1.10. The molecule has 1 unspecified atom stereocenters. The number of aromatic nitrogens is 2. The van der Waals surface area contributed by atoms with Crippen molar-refractivity contribution in [3.8, 4) is 0 Å². The van der Waals surface area contributed by atoms with Crippen LogP contribution in [0.5, 0.6) is 0 Å². The Hall–Kier alpha value is -0.490. The lowest BCUT2D eigenvalue weighted by molar-refractivity contribution is 0.218. The van der Waals surface area contributed by atoms with Crippen LogP contribution in [0, 0.1) is 0 Å². The Morgan fingerprint density at radius 3 is 2.80 bits per heavy atom. The molecule has 15 heavy (non-hydrogen) atoms. The van der Waals surface area contributed by atoms with Crippen molar-refractivity contribution in [1.82, 2.24) is 9.97 Å². The Morgan fingerprint density at radius 2 is 2.27 bits per heavy atom. The number of thiophene rings is 1. The van der Waals surface area contributed by atoms with Crippen molar-refractivity contribution in [3.63, 3.8) is 0 Å². The van der Waals surface area contributed by atoms with Gasteiger partial charge in [0.2, 0.25) is 0 Å². The Kier molecular flexibility index (Phi) is 3.35. The van der Waals surface area contributed by atoms with Gasteiger partial charge in [0, 0.05) is 21.7 Å². The highest BCUT2D eigenvalue weighted by Gasteiger charge is 2.16. The van der Waals surface area contributed by atoms with Crippen molar-refractivity contribution < 1.29 is 5.11 Å². The molecule has 78 valence electrons. The predicted octanol–water partition coefficient (Wildman–Crippen LogP) is 3.04. The lowest BCUT2D eigenvalue weighted by Gasteiger charge is -2.05. The minimum Gasteiger partial charge on any atom is -0.381 e. The summed E-state index contributed by atoms with van der Waals surface area (Å²) in [5, 5.41) is 9.96. The topological polar surface area (TPSA) is 46.0 Å². The van der Waals surface area contributed by atoms with E-state index in [-0.39, 0.29) is 0 Å². The number of nitrogens with zero attached hydrogens (tertiary/aromatic N) is 2. The van der Waals surface area contributed by atoms with E-state index in [0.29, 0.717) is 10.0 Å². The summed E-state index contributed by atoms with van der Waals surface area (Å²) in [5.74, 6) is 0. The molecule has 2 heterocycles. The second-order valence-electron chi connectivity index (χ2n) is 2.80. The van der Waals surface area contributed by atoms with Crippen LogP contribution in [0.1, 0.15) is 16.7 Å². The van der Waals surface area contributed by atoms with Crippen molar-refractivity contribution in [2.75, 3.05) is 0 Å². The van der Waals surface area contributed by atoms with E-state index in [1.54, 1.807) is 18.5 Å². The minimum absolute atomic E-state index is 0.517. The first-order chi connectivity index (χ1) is 7.18. The molecule has 0 saturated carbocycles. The van der Waals surface area contributed by atoms with Gasteiger partial charge in [-0.25, -0.2) is 0 Å². The summed E-state index contributed by atoms with van der Waals surface area (Å²) in [6.45, 7) is 0. The molecule has 2 aromatic rings. The van der Waals surface area contributed by atoms with Gasteiger partial charge in [-0.2, -0.15) is 0 Å². The molecule has 1 atom stereocenters. The SMILES string of the molecule is OC(c1cnccn1)c1cc(Br)c(Cl)s1. The van der Waals surface area contributed by atoms with Crippen molar-refractivity contribution in [2.45, 2.75) is 6.10 Å². The predicted molar refractivity (Wildman–Crippen MR) is 63.1 cm³/mol. The number of hydrogen-bond acceptors (Lipinski definition) is 4. The molecule has 0 bridgehead atoms. The standard InChI is InChI=1S/C9H6BrClN2OS/c10-5-3-7(15-9(5)11)8(14)6-4-12-1-2-13-6/h1-4,8,14H. The van der Waals surface area contributed by atoms with Gasteiger partial charge in [-0.3, -0.25) is 9.97 Å². The average Bonchev–Trinajstić information content (AvgIpc) is 2.59. The van der Waals surface area contributed by atoms with Crippen molar-refractivity contribution in [1.29, 1.82) is 0 Å². The molecule has 3 nitrogen and oxygen atoms in total. The molecule has 0 fully saturated rings. The van der Waals surface area contributed by atoms with Gasteiger partial charge in [0.25, 0.3) is 0 Å². The van der Waals surface area contributed by atoms with Crippen molar-refractivity contribution >= 4 is 38.9 Å². The third-order valence-electron chi connectivity index (χ3n) is 1.80. The first-order valence-corrected chi connectivity index (χ1v) is 6.06. The second-order valence-corrected chi connectivity index (χ2v) is 5.34. The highest BCUT2D eigenvalue weighted by molar-refractivity contribution is 9.10. The number of halogens is 2. The van der Waals surface area contributed by atoms with E-state index in [1.807, 2.05) is 0 Å². The molecular formula is C9H6BrClN2OS. The summed E-state index contributed by atoms with van der Waals surface area (Å²) >= 11 is 10.5. The third kappa shape index (κ3) is 2.36. The Morgan fingerprint density at radius 1 is 1.47 bits per heavy atom. The van der Waals surface area contributed by atoms with Gasteiger partial charge in [-0.1, -0.05) is 11.6 Å². The highest BCUT2D eigenvalue weighted by Crippen LogP contribution is 2.36.